The van der Waals surface area contributed by atoms with Crippen molar-refractivity contribution in [2.75, 3.05) is 31.7 Å². The van der Waals surface area contributed by atoms with E-state index in [1.807, 2.05) is 6.07 Å². The van der Waals surface area contributed by atoms with E-state index in [2.05, 4.69) is 4.98 Å². The molecule has 1 heterocycles. The van der Waals surface area contributed by atoms with E-state index in [4.69, 9.17) is 10.00 Å². The van der Waals surface area contributed by atoms with Crippen LogP contribution in [0.1, 0.15) is 12.1 Å². The lowest BCUT2D eigenvalue weighted by atomic mass is 10.3. The van der Waals surface area contributed by atoms with Crippen LogP contribution in [-0.4, -0.2) is 31.8 Å². The van der Waals surface area contributed by atoms with E-state index >= 15 is 0 Å². The van der Waals surface area contributed by atoms with Gasteiger partial charge in [0.2, 0.25) is 0 Å². The molecule has 1 aromatic heterocycles. The van der Waals surface area contributed by atoms with E-state index in [1.165, 1.54) is 19.2 Å². The van der Waals surface area contributed by atoms with E-state index in [1.54, 1.807) is 4.90 Å². The fraction of sp³-hybridized carbons (Fsp3) is 0.500. The highest BCUT2D eigenvalue weighted by atomic mass is 19.4. The van der Waals surface area contributed by atoms with E-state index in [-0.39, 0.29) is 12.2 Å². The molecule has 0 aromatic carbocycles. The van der Waals surface area contributed by atoms with Gasteiger partial charge in [-0.05, 0) is 12.1 Å². The largest absolute Gasteiger partial charge is 0.433 e. The van der Waals surface area contributed by atoms with Crippen molar-refractivity contribution in [3.8, 4) is 6.07 Å². The van der Waals surface area contributed by atoms with Crippen molar-refractivity contribution in [1.29, 1.82) is 5.26 Å². The van der Waals surface area contributed by atoms with Crippen LogP contribution >= 0.6 is 0 Å². The zero-order chi connectivity index (χ0) is 14.3. The molecular formula is C12H14F3N3O. The maximum atomic E-state index is 12.6. The second-order valence-corrected chi connectivity index (χ2v) is 3.77. The highest BCUT2D eigenvalue weighted by Gasteiger charge is 2.32. The summed E-state index contributed by atoms with van der Waals surface area (Å²) < 4.78 is 42.6. The highest BCUT2D eigenvalue weighted by Crippen LogP contribution is 2.28. The molecule has 19 heavy (non-hydrogen) atoms. The lowest BCUT2D eigenvalue weighted by molar-refractivity contribution is -0.141. The summed E-state index contributed by atoms with van der Waals surface area (Å²) in [5.41, 5.74) is -0.940. The van der Waals surface area contributed by atoms with Crippen molar-refractivity contribution >= 4 is 5.82 Å². The Kier molecular flexibility index (Phi) is 5.57. The maximum Gasteiger partial charge on any atom is 0.433 e. The SMILES string of the molecule is COCCN(CCC#N)c1cccc(C(F)(F)F)n1. The highest BCUT2D eigenvalue weighted by molar-refractivity contribution is 5.39. The molecular weight excluding hydrogens is 259 g/mol. The van der Waals surface area contributed by atoms with Gasteiger partial charge in [0.05, 0.1) is 19.1 Å². The quantitative estimate of drug-likeness (QED) is 0.799. The van der Waals surface area contributed by atoms with Gasteiger partial charge in [-0.15, -0.1) is 0 Å². The minimum atomic E-state index is -4.47. The Morgan fingerprint density at radius 3 is 2.68 bits per heavy atom. The van der Waals surface area contributed by atoms with Gasteiger partial charge in [-0.25, -0.2) is 4.98 Å². The average molecular weight is 273 g/mol. The minimum absolute atomic E-state index is 0.196. The fourth-order valence-electron chi connectivity index (χ4n) is 1.48. The molecule has 4 nitrogen and oxygen atoms in total. The van der Waals surface area contributed by atoms with Crippen molar-refractivity contribution in [3.05, 3.63) is 23.9 Å². The van der Waals surface area contributed by atoms with Gasteiger partial charge in [-0.3, -0.25) is 0 Å². The predicted octanol–water partition coefficient (Wildman–Crippen LogP) is 2.47. The number of hydrogen-bond acceptors (Lipinski definition) is 4. The first-order valence-electron chi connectivity index (χ1n) is 5.64. The van der Waals surface area contributed by atoms with Crippen LogP contribution in [0.3, 0.4) is 0 Å². The van der Waals surface area contributed by atoms with Crippen molar-refractivity contribution in [3.63, 3.8) is 0 Å². The van der Waals surface area contributed by atoms with Gasteiger partial charge < -0.3 is 9.64 Å². The van der Waals surface area contributed by atoms with Crippen LogP contribution in [0.15, 0.2) is 18.2 Å². The van der Waals surface area contributed by atoms with Gasteiger partial charge in [0.15, 0.2) is 0 Å². The van der Waals surface area contributed by atoms with Crippen molar-refractivity contribution in [1.82, 2.24) is 4.98 Å². The molecule has 0 radical (unpaired) electrons. The Hall–Kier alpha value is -1.81. The monoisotopic (exact) mass is 273 g/mol. The summed E-state index contributed by atoms with van der Waals surface area (Å²) in [5.74, 6) is 0.196. The zero-order valence-electron chi connectivity index (χ0n) is 10.4. The first kappa shape index (κ1) is 15.2. The molecule has 1 rings (SSSR count). The van der Waals surface area contributed by atoms with Gasteiger partial charge in [0.1, 0.15) is 11.5 Å². The first-order valence-corrected chi connectivity index (χ1v) is 5.64. The summed E-state index contributed by atoms with van der Waals surface area (Å²) >= 11 is 0. The first-order chi connectivity index (χ1) is 8.99. The zero-order valence-corrected chi connectivity index (χ0v) is 10.4. The standard InChI is InChI=1S/C12H14F3N3O/c1-19-9-8-18(7-3-6-16)11-5-2-4-10(17-11)12(13,14)15/h2,4-5H,3,7-9H2,1H3. The molecule has 0 saturated heterocycles. The molecule has 0 aliphatic carbocycles. The minimum Gasteiger partial charge on any atom is -0.383 e. The third kappa shape index (κ3) is 4.75. The van der Waals surface area contributed by atoms with Crippen LogP contribution in [0.25, 0.3) is 0 Å². The van der Waals surface area contributed by atoms with E-state index in [9.17, 15) is 13.2 Å². The molecule has 0 amide bonds. The number of nitriles is 1. The molecule has 7 heteroatoms. The van der Waals surface area contributed by atoms with Crippen LogP contribution in [0.2, 0.25) is 0 Å². The third-order valence-corrected chi connectivity index (χ3v) is 2.41. The summed E-state index contributed by atoms with van der Waals surface area (Å²) in [6, 6.07) is 5.67. The maximum absolute atomic E-state index is 12.6. The molecule has 0 saturated carbocycles. The summed E-state index contributed by atoms with van der Waals surface area (Å²) in [4.78, 5) is 5.19. The van der Waals surface area contributed by atoms with Crippen LogP contribution in [0.4, 0.5) is 19.0 Å². The summed E-state index contributed by atoms with van der Waals surface area (Å²) in [6.45, 7) is 1.05. The molecule has 0 unspecified atom stereocenters. The molecule has 0 bridgehead atoms. The average Bonchev–Trinajstić information content (AvgIpc) is 2.38. The van der Waals surface area contributed by atoms with Crippen LogP contribution < -0.4 is 4.90 Å². The smallest absolute Gasteiger partial charge is 0.383 e. The molecule has 0 aliphatic rings. The lowest BCUT2D eigenvalue weighted by Crippen LogP contribution is -2.29. The van der Waals surface area contributed by atoms with Crippen molar-refractivity contribution in [2.45, 2.75) is 12.6 Å². The molecule has 0 aliphatic heterocycles. The molecule has 1 aromatic rings. The topological polar surface area (TPSA) is 49.1 Å². The third-order valence-electron chi connectivity index (χ3n) is 2.41. The Labute approximate surface area is 109 Å². The Morgan fingerprint density at radius 2 is 2.11 bits per heavy atom. The van der Waals surface area contributed by atoms with Gasteiger partial charge in [0, 0.05) is 20.2 Å². The van der Waals surface area contributed by atoms with Crippen LogP contribution in [0.5, 0.6) is 0 Å². The molecule has 0 N–H and O–H groups in total. The number of aromatic nitrogens is 1. The van der Waals surface area contributed by atoms with E-state index in [0.717, 1.165) is 6.07 Å². The molecule has 0 spiro atoms. The van der Waals surface area contributed by atoms with Crippen molar-refractivity contribution in [2.24, 2.45) is 0 Å². The van der Waals surface area contributed by atoms with Gasteiger partial charge >= 0.3 is 6.18 Å². The second kappa shape index (κ2) is 6.95. The Morgan fingerprint density at radius 1 is 1.37 bits per heavy atom. The van der Waals surface area contributed by atoms with E-state index in [0.29, 0.717) is 19.7 Å². The summed E-state index contributed by atoms with van der Waals surface area (Å²) in [5, 5.41) is 8.56. The number of rotatable bonds is 6. The number of pyridine rings is 1. The number of ether oxygens (including phenoxy) is 1. The van der Waals surface area contributed by atoms with Crippen LogP contribution in [0, 0.1) is 11.3 Å². The Balaban J connectivity index is 2.91. The number of methoxy groups -OCH3 is 1. The lowest BCUT2D eigenvalue weighted by Gasteiger charge is -2.23. The second-order valence-electron chi connectivity index (χ2n) is 3.77. The molecule has 0 fully saturated rings. The number of alkyl halides is 3. The van der Waals surface area contributed by atoms with Gasteiger partial charge in [-0.2, -0.15) is 18.4 Å². The number of halogens is 3. The Bertz CT molecular complexity index is 443. The van der Waals surface area contributed by atoms with Crippen molar-refractivity contribution < 1.29 is 17.9 Å². The fourth-order valence-corrected chi connectivity index (χ4v) is 1.48. The normalized spacial score (nSPS) is 11.1. The van der Waals surface area contributed by atoms with Crippen LogP contribution in [-0.2, 0) is 10.9 Å². The molecule has 104 valence electrons. The molecule has 0 atom stereocenters. The van der Waals surface area contributed by atoms with Gasteiger partial charge in [-0.1, -0.05) is 6.07 Å². The summed E-state index contributed by atoms with van der Waals surface area (Å²) in [7, 11) is 1.50. The van der Waals surface area contributed by atoms with Gasteiger partial charge in [0.25, 0.3) is 0 Å². The number of hydrogen-bond donors (Lipinski definition) is 0. The number of anilines is 1. The number of nitrogens with zero attached hydrogens (tertiary/aromatic N) is 3. The predicted molar refractivity (Wildman–Crippen MR) is 63.6 cm³/mol. The van der Waals surface area contributed by atoms with E-state index < -0.39 is 11.9 Å². The summed E-state index contributed by atoms with van der Waals surface area (Å²) in [6.07, 6.45) is -4.26.